The molecule has 42 heavy (non-hydrogen) atoms. The summed E-state index contributed by atoms with van der Waals surface area (Å²) in [4.78, 5) is 9.44. The quantitative estimate of drug-likeness (QED) is 0.106. The molecule has 0 atom stereocenters. The van der Waals surface area contributed by atoms with Crippen LogP contribution in [0.3, 0.4) is 0 Å². The van der Waals surface area contributed by atoms with Gasteiger partial charge in [0.05, 0.1) is 0 Å². The Labute approximate surface area is 259 Å². The van der Waals surface area contributed by atoms with Crippen LogP contribution in [0.15, 0.2) is 101 Å². The first-order chi connectivity index (χ1) is 19.9. The molecule has 1 fully saturated rings. The van der Waals surface area contributed by atoms with Gasteiger partial charge in [0.1, 0.15) is 5.78 Å². The first kappa shape index (κ1) is 43.2. The number of carbonyl (C=O) groups excluding carboxylic acids is 1. The zero-order chi connectivity index (χ0) is 33.0. The third-order valence-corrected chi connectivity index (χ3v) is 5.92. The van der Waals surface area contributed by atoms with Crippen LogP contribution in [-0.2, 0) is 4.79 Å². The number of Topliss-reactive ketones (excluding diaryl/α,β-unsaturated/α-hetero) is 1. The van der Waals surface area contributed by atoms with Crippen LogP contribution in [0.1, 0.15) is 115 Å². The second kappa shape index (κ2) is 27.9. The van der Waals surface area contributed by atoms with Crippen molar-refractivity contribution in [3.05, 3.63) is 101 Å². The molecular weight excluding hydrogens is 522 g/mol. The van der Waals surface area contributed by atoms with Gasteiger partial charge in [-0.25, -0.2) is 8.78 Å². The van der Waals surface area contributed by atoms with Gasteiger partial charge >= 0.3 is 0 Å². The minimum atomic E-state index is -2.41. The first-order valence-electron chi connectivity index (χ1n) is 15.1. The minimum absolute atomic E-state index is 0. The lowest BCUT2D eigenvalue weighted by Crippen LogP contribution is -2.16. The highest BCUT2D eigenvalue weighted by Crippen LogP contribution is 2.31. The van der Waals surface area contributed by atoms with E-state index in [9.17, 15) is 13.6 Å². The van der Waals surface area contributed by atoms with E-state index in [1.807, 2.05) is 38.2 Å². The molecule has 0 amide bonds. The molecule has 0 N–H and O–H groups in total. The average molecular weight is 583 g/mol. The highest BCUT2D eigenvalue weighted by atomic mass is 19.3. The third-order valence-electron chi connectivity index (χ3n) is 5.92. The van der Waals surface area contributed by atoms with Crippen LogP contribution in [0.4, 0.5) is 8.78 Å². The van der Waals surface area contributed by atoms with Crippen molar-refractivity contribution in [1.82, 2.24) is 0 Å². The van der Waals surface area contributed by atoms with Crippen molar-refractivity contribution in [2.75, 3.05) is 0 Å². The molecule has 3 aliphatic rings. The molecule has 0 aromatic rings. The maximum atomic E-state index is 12.2. The van der Waals surface area contributed by atoms with Gasteiger partial charge in [-0.2, -0.15) is 0 Å². The van der Waals surface area contributed by atoms with Gasteiger partial charge in [0.2, 0.25) is 0 Å². The number of carbonyl (C=O) groups is 1. The van der Waals surface area contributed by atoms with Gasteiger partial charge in [0.25, 0.3) is 5.92 Å². The number of allylic oxidation sites excluding steroid dienone is 13. The topological polar surface area (TPSA) is 17.1 Å². The van der Waals surface area contributed by atoms with Crippen molar-refractivity contribution in [2.45, 2.75) is 119 Å². The summed E-state index contributed by atoms with van der Waals surface area (Å²) in [6.45, 7) is 23.3. The Balaban J connectivity index is -0.000000248. The maximum absolute atomic E-state index is 12.2. The number of rotatable bonds is 4. The van der Waals surface area contributed by atoms with Crippen LogP contribution >= 0.6 is 0 Å². The largest absolute Gasteiger partial charge is 0.300 e. The molecule has 0 heterocycles. The molecule has 0 unspecified atom stereocenters. The van der Waals surface area contributed by atoms with E-state index < -0.39 is 5.92 Å². The Morgan fingerprint density at radius 2 is 1.55 bits per heavy atom. The van der Waals surface area contributed by atoms with Crippen molar-refractivity contribution in [2.24, 2.45) is 5.92 Å². The molecule has 0 spiro atoms. The molecule has 0 bridgehead atoms. The van der Waals surface area contributed by atoms with Gasteiger partial charge in [-0.05, 0) is 90.0 Å². The zero-order valence-corrected chi connectivity index (χ0v) is 27.9. The summed E-state index contributed by atoms with van der Waals surface area (Å²) in [7, 11) is 0. The molecule has 1 saturated carbocycles. The highest BCUT2D eigenvalue weighted by molar-refractivity contribution is 5.72. The summed E-state index contributed by atoms with van der Waals surface area (Å²) in [5.41, 5.74) is 9.44. The lowest BCUT2D eigenvalue weighted by atomic mass is 9.89. The van der Waals surface area contributed by atoms with E-state index in [1.54, 1.807) is 12.2 Å². The first-order valence-corrected chi connectivity index (χ1v) is 15.1. The van der Waals surface area contributed by atoms with Gasteiger partial charge in [0.15, 0.2) is 0 Å². The van der Waals surface area contributed by atoms with Gasteiger partial charge < -0.3 is 4.79 Å². The Morgan fingerprint density at radius 3 is 1.95 bits per heavy atom. The van der Waals surface area contributed by atoms with Crippen LogP contribution in [0.5, 0.6) is 0 Å². The fraction of sp³-hybridized carbons (Fsp3) is 0.487. The molecule has 3 aliphatic carbocycles. The summed E-state index contributed by atoms with van der Waals surface area (Å²) in [6.07, 6.45) is 34.6. The summed E-state index contributed by atoms with van der Waals surface area (Å²) in [5, 5.41) is 0. The fourth-order valence-corrected chi connectivity index (χ4v) is 4.07. The van der Waals surface area contributed by atoms with Crippen molar-refractivity contribution >= 4 is 5.78 Å². The maximum Gasteiger partial charge on any atom is 0.251 e. The number of hydrogen-bond acceptors (Lipinski definition) is 1. The SMILES string of the molecule is C#C.C=C/C(C)=C\C(=C/C(=C)C)C1CCCCCC1.CC.CC(C)=O.CC1=CC=C=CC(C)=C1.FC1(F)CC=CCC1.[HH]. The van der Waals surface area contributed by atoms with Crippen LogP contribution in [0.2, 0.25) is 0 Å². The van der Waals surface area contributed by atoms with Crippen molar-refractivity contribution in [3.8, 4) is 12.8 Å². The lowest BCUT2D eigenvalue weighted by Gasteiger charge is -2.16. The molecule has 0 saturated heterocycles. The van der Waals surface area contributed by atoms with E-state index in [1.165, 1.54) is 74.7 Å². The summed E-state index contributed by atoms with van der Waals surface area (Å²) in [6, 6.07) is 0. The van der Waals surface area contributed by atoms with Crippen molar-refractivity contribution in [1.29, 1.82) is 0 Å². The molecule has 3 rings (SSSR count). The van der Waals surface area contributed by atoms with Crippen LogP contribution in [-0.4, -0.2) is 11.7 Å². The predicted octanol–water partition coefficient (Wildman–Crippen LogP) is 12.7. The molecule has 0 aliphatic heterocycles. The van der Waals surface area contributed by atoms with Gasteiger partial charge in [-0.3, -0.25) is 0 Å². The Morgan fingerprint density at radius 1 is 1.00 bits per heavy atom. The Kier molecular flexibility index (Phi) is 28.8. The number of hydrogen-bond donors (Lipinski definition) is 0. The van der Waals surface area contributed by atoms with E-state index in [-0.39, 0.29) is 20.1 Å². The Bertz CT molecular complexity index is 1010. The predicted molar refractivity (Wildman–Crippen MR) is 186 cm³/mol. The van der Waals surface area contributed by atoms with E-state index in [2.05, 4.69) is 77.7 Å². The molecule has 1 nitrogen and oxygen atoms in total. The van der Waals surface area contributed by atoms with E-state index >= 15 is 0 Å². The smallest absolute Gasteiger partial charge is 0.251 e. The second-order valence-corrected chi connectivity index (χ2v) is 10.5. The fourth-order valence-electron chi connectivity index (χ4n) is 4.07. The molecule has 3 heteroatoms. The van der Waals surface area contributed by atoms with Crippen LogP contribution in [0.25, 0.3) is 0 Å². The highest BCUT2D eigenvalue weighted by Gasteiger charge is 2.27. The normalized spacial score (nSPS) is 17.3. The molecule has 236 valence electrons. The Hall–Kier alpha value is -3.21. The average Bonchev–Trinajstić information content (AvgIpc) is 3.32. The van der Waals surface area contributed by atoms with E-state index in [4.69, 9.17) is 0 Å². The number of halogens is 2. The summed E-state index contributed by atoms with van der Waals surface area (Å²) >= 11 is 0. The third kappa shape index (κ3) is 28.3. The monoisotopic (exact) mass is 582 g/mol. The molecule has 0 aromatic carbocycles. The van der Waals surface area contributed by atoms with Crippen LogP contribution < -0.4 is 0 Å². The molecule has 0 radical (unpaired) electrons. The lowest BCUT2D eigenvalue weighted by molar-refractivity contribution is -0.115. The summed E-state index contributed by atoms with van der Waals surface area (Å²) < 4.78 is 24.3. The summed E-state index contributed by atoms with van der Waals surface area (Å²) in [5.74, 6) is -1.52. The minimum Gasteiger partial charge on any atom is -0.300 e. The number of terminal acetylenes is 1. The number of ketones is 1. The van der Waals surface area contributed by atoms with Crippen LogP contribution in [0, 0.1) is 18.8 Å². The van der Waals surface area contributed by atoms with E-state index in [0.717, 1.165) is 11.5 Å². The molecular formula is C39H60F2O. The van der Waals surface area contributed by atoms with Crippen molar-refractivity contribution < 1.29 is 15.0 Å². The van der Waals surface area contributed by atoms with Crippen molar-refractivity contribution in [3.63, 3.8) is 0 Å². The standard InChI is InChI=1S/C17H26.C9H10.C6H8F2.C3H6O.C2H6.C2H2.H2/c1-5-15(4)13-17(12-14(2)3)16-10-8-6-7-9-11-16;1-8-5-3-4-6-9(2)7-8;7-6(8)4-2-1-3-5-6;1-3(2)4;2*1-2;/h5,12-13,16H,1-2,6-11H2,3-4H3;3,5-7H,1-2H3;1-2H,3-5H2;1-2H3;1-2H3;1-2H;1H/b15-13-,17-12+;;;;;;. The van der Waals surface area contributed by atoms with Gasteiger partial charge in [-0.1, -0.05) is 112 Å². The van der Waals surface area contributed by atoms with E-state index in [0.29, 0.717) is 6.42 Å². The molecule has 0 aromatic heterocycles. The zero-order valence-electron chi connectivity index (χ0n) is 27.9. The van der Waals surface area contributed by atoms with Gasteiger partial charge in [0, 0.05) is 14.3 Å². The second-order valence-electron chi connectivity index (χ2n) is 10.5. The number of alkyl halides is 2. The van der Waals surface area contributed by atoms with Gasteiger partial charge in [-0.15, -0.1) is 18.6 Å².